The molecule has 0 aliphatic heterocycles. The van der Waals surface area contributed by atoms with E-state index in [1.54, 1.807) is 25.1 Å². The number of Topliss-reactive ketones (excluding diaryl/α,β-unsaturated/α-hetero) is 1. The molecule has 0 saturated carbocycles. The number of carbonyl (C=O) groups excluding carboxylic acids is 1. The molecule has 1 N–H and O–H groups in total. The molecule has 0 heterocycles. The van der Waals surface area contributed by atoms with Gasteiger partial charge in [0.1, 0.15) is 5.75 Å². The fourth-order valence-corrected chi connectivity index (χ4v) is 1.26. The average molecular weight is 229 g/mol. The van der Waals surface area contributed by atoms with E-state index >= 15 is 0 Å². The molecule has 0 aliphatic carbocycles. The second-order valence-corrected chi connectivity index (χ2v) is 3.09. The van der Waals surface area contributed by atoms with Crippen LogP contribution in [0.5, 0.6) is 5.75 Å². The number of para-hydroxylation sites is 1. The van der Waals surface area contributed by atoms with E-state index in [9.17, 15) is 9.90 Å². The highest BCUT2D eigenvalue weighted by atomic mass is 79.9. The highest BCUT2D eigenvalue weighted by molar-refractivity contribution is 9.09. The van der Waals surface area contributed by atoms with Gasteiger partial charge >= 0.3 is 0 Å². The number of phenolic OH excluding ortho intramolecular Hbond substituents is 1. The predicted octanol–water partition coefficient (Wildman–Crippen LogP) is 2.28. The van der Waals surface area contributed by atoms with Crippen molar-refractivity contribution in [3.8, 4) is 5.75 Å². The highest BCUT2D eigenvalue weighted by Crippen LogP contribution is 2.21. The molecule has 0 saturated heterocycles. The van der Waals surface area contributed by atoms with Gasteiger partial charge < -0.3 is 5.11 Å². The molecule has 0 spiro atoms. The van der Waals surface area contributed by atoms with Gasteiger partial charge in [0.2, 0.25) is 0 Å². The number of aromatic hydroxyl groups is 1. The first-order chi connectivity index (χ1) is 5.66. The van der Waals surface area contributed by atoms with Crippen LogP contribution < -0.4 is 0 Å². The second-order valence-electron chi connectivity index (χ2n) is 2.53. The number of hydrogen-bond donors (Lipinski definition) is 1. The molecule has 2 nitrogen and oxygen atoms in total. The molecule has 64 valence electrons. The lowest BCUT2D eigenvalue weighted by Crippen LogP contribution is -2.00. The van der Waals surface area contributed by atoms with Crippen molar-refractivity contribution >= 4 is 21.7 Å². The van der Waals surface area contributed by atoms with Gasteiger partial charge in [0, 0.05) is 0 Å². The van der Waals surface area contributed by atoms with Crippen molar-refractivity contribution in [2.24, 2.45) is 0 Å². The van der Waals surface area contributed by atoms with Crippen LogP contribution in [0.3, 0.4) is 0 Å². The molecular weight excluding hydrogens is 220 g/mol. The Balaban J connectivity index is 3.16. The minimum Gasteiger partial charge on any atom is -0.507 e. The number of benzene rings is 1. The van der Waals surface area contributed by atoms with Crippen LogP contribution in [0.2, 0.25) is 0 Å². The molecule has 0 unspecified atom stereocenters. The molecule has 1 aromatic carbocycles. The number of ketones is 1. The Labute approximate surface area is 79.3 Å². The van der Waals surface area contributed by atoms with Gasteiger partial charge in [-0.05, 0) is 18.6 Å². The summed E-state index contributed by atoms with van der Waals surface area (Å²) in [6.45, 7) is 1.76. The topological polar surface area (TPSA) is 37.3 Å². The zero-order chi connectivity index (χ0) is 9.14. The maximum absolute atomic E-state index is 11.2. The molecular formula is C9H9BrO2. The van der Waals surface area contributed by atoms with Gasteiger partial charge in [-0.25, -0.2) is 0 Å². The first kappa shape index (κ1) is 9.26. The van der Waals surface area contributed by atoms with Gasteiger partial charge in [-0.3, -0.25) is 4.79 Å². The average Bonchev–Trinajstić information content (AvgIpc) is 2.08. The first-order valence-electron chi connectivity index (χ1n) is 3.54. The van der Waals surface area contributed by atoms with Gasteiger partial charge in [-0.2, -0.15) is 0 Å². The zero-order valence-electron chi connectivity index (χ0n) is 6.67. The lowest BCUT2D eigenvalue weighted by molar-refractivity contribution is 0.102. The van der Waals surface area contributed by atoms with Crippen LogP contribution >= 0.6 is 15.9 Å². The quantitative estimate of drug-likeness (QED) is 0.623. The van der Waals surface area contributed by atoms with E-state index in [1.807, 2.05) is 0 Å². The Morgan fingerprint density at radius 3 is 2.83 bits per heavy atom. The van der Waals surface area contributed by atoms with Crippen LogP contribution in [-0.2, 0) is 0 Å². The van der Waals surface area contributed by atoms with Crippen LogP contribution in [0.4, 0.5) is 0 Å². The summed E-state index contributed by atoms with van der Waals surface area (Å²) in [6.07, 6.45) is 0. The summed E-state index contributed by atoms with van der Waals surface area (Å²) in [5.74, 6) is -0.0156. The van der Waals surface area contributed by atoms with Crippen molar-refractivity contribution in [3.05, 3.63) is 29.3 Å². The van der Waals surface area contributed by atoms with Crippen LogP contribution in [0, 0.1) is 6.92 Å². The Morgan fingerprint density at radius 2 is 2.25 bits per heavy atom. The van der Waals surface area contributed by atoms with E-state index < -0.39 is 0 Å². The summed E-state index contributed by atoms with van der Waals surface area (Å²) in [5.41, 5.74) is 1.11. The standard InChI is InChI=1S/C9H9BrO2/c1-6-3-2-4-7(9(6)12)8(11)5-10/h2-4,12H,5H2,1H3. The monoisotopic (exact) mass is 228 g/mol. The van der Waals surface area contributed by atoms with Crippen LogP contribution in [0.15, 0.2) is 18.2 Å². The zero-order valence-corrected chi connectivity index (χ0v) is 8.26. The lowest BCUT2D eigenvalue weighted by Gasteiger charge is -2.03. The van der Waals surface area contributed by atoms with E-state index in [4.69, 9.17) is 0 Å². The fraction of sp³-hybridized carbons (Fsp3) is 0.222. The molecule has 0 bridgehead atoms. The fourth-order valence-electron chi connectivity index (χ4n) is 0.956. The number of alkyl halides is 1. The van der Waals surface area contributed by atoms with E-state index in [-0.39, 0.29) is 16.9 Å². The molecule has 3 heteroatoms. The number of hydrogen-bond acceptors (Lipinski definition) is 2. The predicted molar refractivity (Wildman–Crippen MR) is 51.0 cm³/mol. The van der Waals surface area contributed by atoms with Crippen molar-refractivity contribution in [2.45, 2.75) is 6.92 Å². The maximum atomic E-state index is 11.2. The van der Waals surface area contributed by atoms with Crippen LogP contribution in [0.25, 0.3) is 0 Å². The smallest absolute Gasteiger partial charge is 0.177 e. The van der Waals surface area contributed by atoms with Gasteiger partial charge in [0.25, 0.3) is 0 Å². The van der Waals surface area contributed by atoms with Gasteiger partial charge in [-0.1, -0.05) is 28.1 Å². The van der Waals surface area contributed by atoms with Gasteiger partial charge in [0.15, 0.2) is 5.78 Å². The lowest BCUT2D eigenvalue weighted by atomic mass is 10.1. The molecule has 0 aromatic heterocycles. The minimum absolute atomic E-state index is 0.0851. The largest absolute Gasteiger partial charge is 0.507 e. The van der Waals surface area contributed by atoms with Crippen LogP contribution in [-0.4, -0.2) is 16.2 Å². The van der Waals surface area contributed by atoms with E-state index in [0.29, 0.717) is 5.56 Å². The van der Waals surface area contributed by atoms with Crippen molar-refractivity contribution in [1.29, 1.82) is 0 Å². The highest BCUT2D eigenvalue weighted by Gasteiger charge is 2.09. The van der Waals surface area contributed by atoms with E-state index in [0.717, 1.165) is 5.56 Å². The molecule has 1 rings (SSSR count). The van der Waals surface area contributed by atoms with Crippen molar-refractivity contribution in [2.75, 3.05) is 5.33 Å². The molecule has 12 heavy (non-hydrogen) atoms. The third-order valence-corrected chi connectivity index (χ3v) is 2.17. The molecule has 0 atom stereocenters. The maximum Gasteiger partial charge on any atom is 0.177 e. The minimum atomic E-state index is -0.101. The summed E-state index contributed by atoms with van der Waals surface area (Å²) in [5, 5.41) is 9.70. The Kier molecular flexibility index (Phi) is 2.87. The SMILES string of the molecule is Cc1cccc(C(=O)CBr)c1O. The first-order valence-corrected chi connectivity index (χ1v) is 4.66. The van der Waals surface area contributed by atoms with Crippen molar-refractivity contribution in [3.63, 3.8) is 0 Å². The number of phenols is 1. The van der Waals surface area contributed by atoms with Crippen molar-refractivity contribution in [1.82, 2.24) is 0 Å². The molecule has 1 aromatic rings. The van der Waals surface area contributed by atoms with Crippen molar-refractivity contribution < 1.29 is 9.90 Å². The number of carbonyl (C=O) groups is 1. The second kappa shape index (κ2) is 3.72. The third kappa shape index (κ3) is 1.67. The Hall–Kier alpha value is -0.830. The van der Waals surface area contributed by atoms with Crippen LogP contribution in [0.1, 0.15) is 15.9 Å². The Morgan fingerprint density at radius 1 is 1.58 bits per heavy atom. The summed E-state index contributed by atoms with van der Waals surface area (Å²) in [6, 6.07) is 5.14. The molecule has 0 aliphatic rings. The summed E-state index contributed by atoms with van der Waals surface area (Å²) >= 11 is 3.05. The van der Waals surface area contributed by atoms with E-state index in [1.165, 1.54) is 0 Å². The van der Waals surface area contributed by atoms with Gasteiger partial charge in [-0.15, -0.1) is 0 Å². The number of halogens is 1. The normalized spacial score (nSPS) is 9.83. The molecule has 0 radical (unpaired) electrons. The Bertz CT molecular complexity index is 307. The molecule has 0 amide bonds. The number of rotatable bonds is 2. The van der Waals surface area contributed by atoms with Gasteiger partial charge in [0.05, 0.1) is 10.9 Å². The summed E-state index contributed by atoms with van der Waals surface area (Å²) in [7, 11) is 0. The summed E-state index contributed by atoms with van der Waals surface area (Å²) < 4.78 is 0. The summed E-state index contributed by atoms with van der Waals surface area (Å²) in [4.78, 5) is 11.2. The molecule has 0 fully saturated rings. The number of aryl methyl sites for hydroxylation is 1. The third-order valence-electron chi connectivity index (χ3n) is 1.66. The van der Waals surface area contributed by atoms with E-state index in [2.05, 4.69) is 15.9 Å².